The first kappa shape index (κ1) is 10.0. The van der Waals surface area contributed by atoms with Crippen molar-refractivity contribution in [3.05, 3.63) is 39.7 Å². The number of thiazole rings is 1. The van der Waals surface area contributed by atoms with Gasteiger partial charge in [0, 0.05) is 10.9 Å². The first-order chi connectivity index (χ1) is 7.86. The monoisotopic (exact) mass is 229 g/mol. The van der Waals surface area contributed by atoms with Crippen LogP contribution in [0.2, 0.25) is 0 Å². The highest BCUT2D eigenvalue weighted by Crippen LogP contribution is 2.28. The lowest BCUT2D eigenvalue weighted by molar-refractivity contribution is 0.912. The minimum Gasteiger partial charge on any atom is -0.241 e. The molecule has 2 heteroatoms. The van der Waals surface area contributed by atoms with Gasteiger partial charge in [0.25, 0.3) is 0 Å². The average Bonchev–Trinajstić information content (AvgIpc) is 2.96. The Balaban J connectivity index is 2.00. The molecule has 0 spiro atoms. The Labute approximate surface area is 100 Å². The minimum absolute atomic E-state index is 1.04. The highest BCUT2D eigenvalue weighted by atomic mass is 32.1. The Morgan fingerprint density at radius 2 is 2.12 bits per heavy atom. The molecule has 0 atom stereocenters. The van der Waals surface area contributed by atoms with Crippen molar-refractivity contribution in [3.8, 4) is 11.3 Å². The van der Waals surface area contributed by atoms with Crippen LogP contribution in [0.1, 0.15) is 29.5 Å². The van der Waals surface area contributed by atoms with Crippen LogP contribution in [0.25, 0.3) is 11.3 Å². The zero-order chi connectivity index (χ0) is 11.0. The maximum atomic E-state index is 4.64. The van der Waals surface area contributed by atoms with Crippen molar-refractivity contribution in [2.24, 2.45) is 0 Å². The maximum absolute atomic E-state index is 4.64. The van der Waals surface area contributed by atoms with Gasteiger partial charge in [0.05, 0.1) is 10.7 Å². The SMILES string of the molecule is CCc1nc(-c2ccc3c(c2)CCC3)cs1. The molecular formula is C14H15NS. The molecule has 1 aromatic carbocycles. The first-order valence-electron chi connectivity index (χ1n) is 5.93. The highest BCUT2D eigenvalue weighted by Gasteiger charge is 2.12. The number of aromatic nitrogens is 1. The van der Waals surface area contributed by atoms with Gasteiger partial charge in [-0.25, -0.2) is 4.98 Å². The molecule has 0 fully saturated rings. The number of rotatable bonds is 2. The van der Waals surface area contributed by atoms with Gasteiger partial charge in [0.1, 0.15) is 0 Å². The molecule has 0 bridgehead atoms. The second kappa shape index (κ2) is 4.02. The summed E-state index contributed by atoms with van der Waals surface area (Å²) in [6.45, 7) is 2.16. The third-order valence-corrected chi connectivity index (χ3v) is 4.24. The summed E-state index contributed by atoms with van der Waals surface area (Å²) in [5.74, 6) is 0. The van der Waals surface area contributed by atoms with E-state index in [9.17, 15) is 0 Å². The molecule has 0 amide bonds. The van der Waals surface area contributed by atoms with Gasteiger partial charge in [0.2, 0.25) is 0 Å². The molecule has 2 aromatic rings. The average molecular weight is 229 g/mol. The summed E-state index contributed by atoms with van der Waals surface area (Å²) in [4.78, 5) is 4.64. The number of aryl methyl sites for hydroxylation is 3. The van der Waals surface area contributed by atoms with E-state index >= 15 is 0 Å². The lowest BCUT2D eigenvalue weighted by Gasteiger charge is -2.01. The van der Waals surface area contributed by atoms with Crippen LogP contribution in [0.15, 0.2) is 23.6 Å². The van der Waals surface area contributed by atoms with E-state index in [1.807, 2.05) is 0 Å². The molecule has 82 valence electrons. The lowest BCUT2D eigenvalue weighted by atomic mass is 10.1. The van der Waals surface area contributed by atoms with Crippen molar-refractivity contribution in [2.45, 2.75) is 32.6 Å². The number of fused-ring (bicyclic) bond motifs is 1. The summed E-state index contributed by atoms with van der Waals surface area (Å²) in [5.41, 5.74) is 5.51. The summed E-state index contributed by atoms with van der Waals surface area (Å²) in [6.07, 6.45) is 4.85. The predicted octanol–water partition coefficient (Wildman–Crippen LogP) is 3.86. The van der Waals surface area contributed by atoms with E-state index in [1.165, 1.54) is 41.0 Å². The molecule has 1 aromatic heterocycles. The summed E-state index contributed by atoms with van der Waals surface area (Å²) < 4.78 is 0. The van der Waals surface area contributed by atoms with Crippen LogP contribution < -0.4 is 0 Å². The molecule has 0 unspecified atom stereocenters. The van der Waals surface area contributed by atoms with Gasteiger partial charge in [0.15, 0.2) is 0 Å². The zero-order valence-electron chi connectivity index (χ0n) is 9.49. The Morgan fingerprint density at radius 1 is 1.25 bits per heavy atom. The van der Waals surface area contributed by atoms with Gasteiger partial charge in [-0.2, -0.15) is 0 Å². The topological polar surface area (TPSA) is 12.9 Å². The predicted molar refractivity (Wildman–Crippen MR) is 69.0 cm³/mol. The molecule has 1 heterocycles. The van der Waals surface area contributed by atoms with Crippen molar-refractivity contribution >= 4 is 11.3 Å². The van der Waals surface area contributed by atoms with Crippen LogP contribution in [0.5, 0.6) is 0 Å². The molecule has 0 saturated heterocycles. The standard InChI is InChI=1S/C14H15NS/c1-2-14-15-13(9-16-14)12-7-6-10-4-3-5-11(10)8-12/h6-9H,2-5H2,1H3. The fraction of sp³-hybridized carbons (Fsp3) is 0.357. The van der Waals surface area contributed by atoms with Crippen LogP contribution >= 0.6 is 11.3 Å². The third kappa shape index (κ3) is 1.67. The van der Waals surface area contributed by atoms with Gasteiger partial charge in [-0.05, 0) is 42.9 Å². The Hall–Kier alpha value is -1.15. The quantitative estimate of drug-likeness (QED) is 0.762. The maximum Gasteiger partial charge on any atom is 0.0929 e. The van der Waals surface area contributed by atoms with Crippen molar-refractivity contribution in [3.63, 3.8) is 0 Å². The first-order valence-corrected chi connectivity index (χ1v) is 6.81. The highest BCUT2D eigenvalue weighted by molar-refractivity contribution is 7.09. The fourth-order valence-electron chi connectivity index (χ4n) is 2.34. The van der Waals surface area contributed by atoms with Crippen LogP contribution in [0.4, 0.5) is 0 Å². The minimum atomic E-state index is 1.04. The third-order valence-electron chi connectivity index (χ3n) is 3.25. The van der Waals surface area contributed by atoms with E-state index in [0.717, 1.165) is 12.1 Å². The van der Waals surface area contributed by atoms with Crippen LogP contribution in [-0.2, 0) is 19.3 Å². The van der Waals surface area contributed by atoms with Gasteiger partial charge >= 0.3 is 0 Å². The Kier molecular flexibility index (Phi) is 2.52. The molecule has 0 N–H and O–H groups in total. The summed E-state index contributed by atoms with van der Waals surface area (Å²) in [5, 5.41) is 3.41. The molecule has 1 nitrogen and oxygen atoms in total. The molecule has 16 heavy (non-hydrogen) atoms. The molecule has 0 radical (unpaired) electrons. The summed E-state index contributed by atoms with van der Waals surface area (Å²) in [6, 6.07) is 6.83. The van der Waals surface area contributed by atoms with Crippen molar-refractivity contribution in [2.75, 3.05) is 0 Å². The van der Waals surface area contributed by atoms with Crippen molar-refractivity contribution < 1.29 is 0 Å². The molecular weight excluding hydrogens is 214 g/mol. The molecule has 0 aliphatic heterocycles. The second-order valence-electron chi connectivity index (χ2n) is 4.32. The number of hydrogen-bond donors (Lipinski definition) is 0. The van der Waals surface area contributed by atoms with Gasteiger partial charge in [-0.3, -0.25) is 0 Å². The van der Waals surface area contributed by atoms with Crippen molar-refractivity contribution in [1.29, 1.82) is 0 Å². The Morgan fingerprint density at radius 3 is 2.94 bits per heavy atom. The van der Waals surface area contributed by atoms with Gasteiger partial charge in [-0.1, -0.05) is 19.1 Å². The summed E-state index contributed by atoms with van der Waals surface area (Å²) >= 11 is 1.77. The molecule has 1 aliphatic carbocycles. The van der Waals surface area contributed by atoms with Crippen LogP contribution in [0.3, 0.4) is 0 Å². The van der Waals surface area contributed by atoms with E-state index in [0.29, 0.717) is 0 Å². The second-order valence-corrected chi connectivity index (χ2v) is 5.26. The van der Waals surface area contributed by atoms with Gasteiger partial charge in [-0.15, -0.1) is 11.3 Å². The number of nitrogens with zero attached hydrogens (tertiary/aromatic N) is 1. The fourth-order valence-corrected chi connectivity index (χ4v) is 3.09. The molecule has 0 saturated carbocycles. The van der Waals surface area contributed by atoms with E-state index in [4.69, 9.17) is 0 Å². The van der Waals surface area contributed by atoms with E-state index in [1.54, 1.807) is 11.3 Å². The number of hydrogen-bond acceptors (Lipinski definition) is 2. The van der Waals surface area contributed by atoms with E-state index in [-0.39, 0.29) is 0 Å². The Bertz CT molecular complexity index is 513. The van der Waals surface area contributed by atoms with Gasteiger partial charge < -0.3 is 0 Å². The number of benzene rings is 1. The smallest absolute Gasteiger partial charge is 0.0929 e. The molecule has 3 rings (SSSR count). The normalized spacial score (nSPS) is 14.1. The van der Waals surface area contributed by atoms with Crippen LogP contribution in [-0.4, -0.2) is 4.98 Å². The summed E-state index contributed by atoms with van der Waals surface area (Å²) in [7, 11) is 0. The van der Waals surface area contributed by atoms with E-state index < -0.39 is 0 Å². The zero-order valence-corrected chi connectivity index (χ0v) is 10.3. The largest absolute Gasteiger partial charge is 0.241 e. The van der Waals surface area contributed by atoms with Crippen molar-refractivity contribution in [1.82, 2.24) is 4.98 Å². The molecule has 1 aliphatic rings. The van der Waals surface area contributed by atoms with Crippen LogP contribution in [0, 0.1) is 0 Å². The van der Waals surface area contributed by atoms with E-state index in [2.05, 4.69) is 35.5 Å². The lowest BCUT2D eigenvalue weighted by Crippen LogP contribution is -1.85.